The van der Waals surface area contributed by atoms with Crippen LogP contribution in [0.25, 0.3) is 0 Å². The maximum Gasteiger partial charge on any atom is 0.324 e. The lowest BCUT2D eigenvalue weighted by molar-refractivity contribution is 0.00425. The van der Waals surface area contributed by atoms with Crippen LogP contribution >= 0.6 is 0 Å². The molecule has 34 heavy (non-hydrogen) atoms. The number of benzene rings is 1. The molecule has 2 unspecified atom stereocenters. The number of aromatic nitrogens is 4. The van der Waals surface area contributed by atoms with Gasteiger partial charge in [0.2, 0.25) is 5.88 Å². The second kappa shape index (κ2) is 9.17. The van der Waals surface area contributed by atoms with Crippen molar-refractivity contribution in [2.24, 2.45) is 0 Å². The quantitative estimate of drug-likeness (QED) is 0.568. The molecule has 0 saturated carbocycles. The monoisotopic (exact) mass is 468 g/mol. The van der Waals surface area contributed by atoms with Gasteiger partial charge in [-0.3, -0.25) is 0 Å². The summed E-state index contributed by atoms with van der Waals surface area (Å²) in [5, 5.41) is 7.18. The van der Waals surface area contributed by atoms with Gasteiger partial charge in [-0.1, -0.05) is 25.1 Å². The van der Waals surface area contributed by atoms with Gasteiger partial charge in [0.25, 0.3) is 0 Å². The zero-order valence-electron chi connectivity index (χ0n) is 19.8. The molecule has 2 atom stereocenters. The smallest absolute Gasteiger partial charge is 0.324 e. The number of halogens is 1. The van der Waals surface area contributed by atoms with Crippen LogP contribution in [0.3, 0.4) is 0 Å². The third kappa shape index (κ3) is 4.42. The van der Waals surface area contributed by atoms with Gasteiger partial charge in [0.1, 0.15) is 24.1 Å². The van der Waals surface area contributed by atoms with Crippen LogP contribution in [0.2, 0.25) is 0 Å². The number of morpholine rings is 1. The van der Waals surface area contributed by atoms with Gasteiger partial charge in [-0.15, -0.1) is 0 Å². The predicted octanol–water partition coefficient (Wildman–Crippen LogP) is 4.30. The molecule has 1 aromatic carbocycles. The number of ether oxygens (including phenoxy) is 2. The minimum Gasteiger partial charge on any atom is -0.474 e. The molecule has 5 rings (SSSR count). The maximum absolute atomic E-state index is 14.3. The van der Waals surface area contributed by atoms with Gasteiger partial charge in [-0.2, -0.15) is 4.98 Å². The van der Waals surface area contributed by atoms with Gasteiger partial charge >= 0.3 is 6.01 Å². The number of nitrogens with one attached hydrogen (secondary N) is 1. The van der Waals surface area contributed by atoms with Crippen LogP contribution in [0.4, 0.5) is 21.9 Å². The fourth-order valence-electron chi connectivity index (χ4n) is 4.53. The lowest BCUT2D eigenvalue weighted by Crippen LogP contribution is -2.59. The van der Waals surface area contributed by atoms with Crippen molar-refractivity contribution in [2.75, 3.05) is 23.4 Å². The molecule has 1 N–H and O–H groups in total. The Morgan fingerprint density at radius 2 is 1.91 bits per heavy atom. The molecule has 2 fully saturated rings. The summed E-state index contributed by atoms with van der Waals surface area (Å²) in [6.45, 7) is 8.94. The SMILES string of the molecule is Cc1ccc(Nc2ncnc(OC3CC4COCC(C3)N4c3nc(C(C)C)no3)c2C)c(F)c1. The molecule has 180 valence electrons. The Morgan fingerprint density at radius 1 is 1.15 bits per heavy atom. The molecule has 2 aliphatic rings. The number of anilines is 3. The van der Waals surface area contributed by atoms with E-state index in [9.17, 15) is 4.39 Å². The van der Waals surface area contributed by atoms with E-state index in [1.807, 2.05) is 33.8 Å². The molecular formula is C24H29FN6O3. The number of piperidine rings is 1. The first-order chi connectivity index (χ1) is 16.4. The van der Waals surface area contributed by atoms with Crippen LogP contribution in [0.15, 0.2) is 29.0 Å². The Hall–Kier alpha value is -3.27. The molecular weight excluding hydrogens is 439 g/mol. The molecule has 2 aliphatic heterocycles. The minimum atomic E-state index is -0.331. The van der Waals surface area contributed by atoms with E-state index in [1.54, 1.807) is 6.07 Å². The van der Waals surface area contributed by atoms with Gasteiger partial charge in [-0.05, 0) is 31.5 Å². The van der Waals surface area contributed by atoms with E-state index in [1.165, 1.54) is 12.4 Å². The summed E-state index contributed by atoms with van der Waals surface area (Å²) in [6.07, 6.45) is 2.84. The maximum atomic E-state index is 14.3. The van der Waals surface area contributed by atoms with Gasteiger partial charge in [-0.25, -0.2) is 14.4 Å². The summed E-state index contributed by atoms with van der Waals surface area (Å²) in [6, 6.07) is 5.72. The molecule has 10 heteroatoms. The van der Waals surface area contributed by atoms with E-state index in [-0.39, 0.29) is 29.9 Å². The van der Waals surface area contributed by atoms with Crippen LogP contribution in [-0.4, -0.2) is 51.5 Å². The number of hydrogen-bond acceptors (Lipinski definition) is 9. The molecule has 0 radical (unpaired) electrons. The van der Waals surface area contributed by atoms with Gasteiger partial charge < -0.3 is 24.2 Å². The van der Waals surface area contributed by atoms with Crippen molar-refractivity contribution in [3.05, 3.63) is 47.3 Å². The summed E-state index contributed by atoms with van der Waals surface area (Å²) in [4.78, 5) is 15.4. The van der Waals surface area contributed by atoms with Gasteiger partial charge in [0.05, 0.1) is 36.5 Å². The average Bonchev–Trinajstić information content (AvgIpc) is 3.28. The second-order valence-electron chi connectivity index (χ2n) is 9.31. The third-order valence-electron chi connectivity index (χ3n) is 6.34. The van der Waals surface area contributed by atoms with Crippen molar-refractivity contribution in [1.29, 1.82) is 0 Å². The Balaban J connectivity index is 1.31. The number of hydrogen-bond donors (Lipinski definition) is 1. The molecule has 2 aromatic heterocycles. The van der Waals surface area contributed by atoms with Gasteiger partial charge in [0.15, 0.2) is 5.82 Å². The number of aryl methyl sites for hydroxylation is 1. The van der Waals surface area contributed by atoms with Crippen LogP contribution < -0.4 is 15.0 Å². The number of rotatable bonds is 6. The Labute approximate surface area is 197 Å². The number of nitrogens with zero attached hydrogens (tertiary/aromatic N) is 5. The second-order valence-corrected chi connectivity index (χ2v) is 9.31. The summed E-state index contributed by atoms with van der Waals surface area (Å²) >= 11 is 0. The van der Waals surface area contributed by atoms with Crippen molar-refractivity contribution < 1.29 is 18.4 Å². The Kier molecular flexibility index (Phi) is 6.07. The Morgan fingerprint density at radius 3 is 2.59 bits per heavy atom. The van der Waals surface area contributed by atoms with Crippen molar-refractivity contribution in [1.82, 2.24) is 20.1 Å². The molecule has 0 aliphatic carbocycles. The normalized spacial score (nSPS) is 22.2. The summed E-state index contributed by atoms with van der Waals surface area (Å²) in [7, 11) is 0. The van der Waals surface area contributed by atoms with E-state index in [4.69, 9.17) is 14.0 Å². The van der Waals surface area contributed by atoms with Crippen molar-refractivity contribution in [3.8, 4) is 5.88 Å². The van der Waals surface area contributed by atoms with Crippen LogP contribution in [0.1, 0.15) is 49.6 Å². The highest BCUT2D eigenvalue weighted by atomic mass is 19.1. The molecule has 4 heterocycles. The summed E-state index contributed by atoms with van der Waals surface area (Å²) in [5.74, 6) is 1.57. The summed E-state index contributed by atoms with van der Waals surface area (Å²) < 4.78 is 32.1. The van der Waals surface area contributed by atoms with E-state index in [0.29, 0.717) is 42.4 Å². The van der Waals surface area contributed by atoms with Crippen molar-refractivity contribution >= 4 is 17.5 Å². The van der Waals surface area contributed by atoms with Crippen molar-refractivity contribution in [2.45, 2.75) is 64.6 Å². The fourth-order valence-corrected chi connectivity index (χ4v) is 4.53. The standard InChI is InChI=1S/C24H29FN6O3/c1-13(2)21-29-24(34-30-21)31-16-8-18(9-17(31)11-32-10-16)33-23-15(4)22(26-12-27-23)28-20-6-5-14(3)7-19(20)25/h5-7,12-13,16-18H,8-11H2,1-4H3,(H,26,27,28). The predicted molar refractivity (Wildman–Crippen MR) is 124 cm³/mol. The van der Waals surface area contributed by atoms with Crippen LogP contribution in [0.5, 0.6) is 5.88 Å². The number of fused-ring (bicyclic) bond motifs is 2. The highest BCUT2D eigenvalue weighted by molar-refractivity contribution is 5.61. The lowest BCUT2D eigenvalue weighted by Gasteiger charge is -2.47. The highest BCUT2D eigenvalue weighted by Gasteiger charge is 2.42. The van der Waals surface area contributed by atoms with Gasteiger partial charge in [0, 0.05) is 18.8 Å². The lowest BCUT2D eigenvalue weighted by atomic mass is 9.92. The Bertz CT molecular complexity index is 1160. The summed E-state index contributed by atoms with van der Waals surface area (Å²) in [5.41, 5.74) is 1.94. The molecule has 9 nitrogen and oxygen atoms in total. The molecule has 3 aromatic rings. The first-order valence-corrected chi connectivity index (χ1v) is 11.6. The molecule has 0 amide bonds. The van der Waals surface area contributed by atoms with Crippen LogP contribution in [-0.2, 0) is 4.74 Å². The molecule has 2 saturated heterocycles. The highest BCUT2D eigenvalue weighted by Crippen LogP contribution is 2.35. The largest absolute Gasteiger partial charge is 0.474 e. The zero-order valence-corrected chi connectivity index (χ0v) is 19.8. The first-order valence-electron chi connectivity index (χ1n) is 11.6. The fraction of sp³-hybridized carbons (Fsp3) is 0.500. The van der Waals surface area contributed by atoms with Crippen LogP contribution in [0, 0.1) is 19.7 Å². The molecule has 2 bridgehead atoms. The van der Waals surface area contributed by atoms with Crippen molar-refractivity contribution in [3.63, 3.8) is 0 Å². The topological polar surface area (TPSA) is 98.4 Å². The minimum absolute atomic E-state index is 0.0554. The average molecular weight is 469 g/mol. The van der Waals surface area contributed by atoms with E-state index in [0.717, 1.165) is 24.0 Å². The van der Waals surface area contributed by atoms with E-state index < -0.39 is 0 Å². The third-order valence-corrected chi connectivity index (χ3v) is 6.34. The first kappa shape index (κ1) is 22.5. The molecule has 0 spiro atoms. The van der Waals surface area contributed by atoms with E-state index in [2.05, 4.69) is 30.3 Å². The zero-order chi connectivity index (χ0) is 23.8. The van der Waals surface area contributed by atoms with E-state index >= 15 is 0 Å².